The summed E-state index contributed by atoms with van der Waals surface area (Å²) in [5, 5.41) is 3.38. The molecule has 0 aromatic rings. The van der Waals surface area contributed by atoms with Gasteiger partial charge in [-0.1, -0.05) is 33.1 Å². The molecule has 1 saturated carbocycles. The van der Waals surface area contributed by atoms with Gasteiger partial charge in [0, 0.05) is 6.42 Å². The van der Waals surface area contributed by atoms with Crippen molar-refractivity contribution >= 4 is 5.78 Å². The highest BCUT2D eigenvalue weighted by molar-refractivity contribution is 5.75. The van der Waals surface area contributed by atoms with Gasteiger partial charge in [-0.25, -0.2) is 0 Å². The number of carbonyl (C=O) groups is 1. The quantitative estimate of drug-likeness (QED) is 0.782. The number of ketones is 1. The molecule has 1 N–H and O–H groups in total. The van der Waals surface area contributed by atoms with E-state index in [-0.39, 0.29) is 0 Å². The van der Waals surface area contributed by atoms with E-state index < -0.39 is 0 Å². The Hall–Kier alpha value is -0.370. The van der Waals surface area contributed by atoms with Crippen LogP contribution in [0, 0.1) is 17.8 Å². The van der Waals surface area contributed by atoms with Crippen LogP contribution in [0.15, 0.2) is 0 Å². The highest BCUT2D eigenvalue weighted by Gasteiger charge is 2.18. The fraction of sp³-hybridized carbons (Fsp3) is 0.929. The molecule has 2 heteroatoms. The second-order valence-corrected chi connectivity index (χ2v) is 5.81. The first-order valence-corrected chi connectivity index (χ1v) is 6.78. The van der Waals surface area contributed by atoms with Gasteiger partial charge in [0.1, 0.15) is 5.78 Å². The predicted molar refractivity (Wildman–Crippen MR) is 68.5 cm³/mol. The van der Waals surface area contributed by atoms with Crippen LogP contribution in [0.2, 0.25) is 0 Å². The van der Waals surface area contributed by atoms with E-state index in [1.54, 1.807) is 6.92 Å². The molecule has 2 rings (SSSR count). The lowest BCUT2D eigenvalue weighted by atomic mass is 9.82. The molecule has 2 atom stereocenters. The number of Topliss-reactive ketones (excluding diaryl/α,β-unsaturated/α-hetero) is 1. The summed E-state index contributed by atoms with van der Waals surface area (Å²) in [6.07, 6.45) is 6.17. The smallest absolute Gasteiger partial charge is 0.130 e. The molecule has 0 aromatic heterocycles. The van der Waals surface area contributed by atoms with Gasteiger partial charge in [0.25, 0.3) is 0 Å². The molecule has 2 aliphatic rings. The van der Waals surface area contributed by atoms with Crippen molar-refractivity contribution in [3.05, 3.63) is 0 Å². The zero-order valence-corrected chi connectivity index (χ0v) is 11.1. The summed E-state index contributed by atoms with van der Waals surface area (Å²) in [7, 11) is 0. The molecule has 2 nitrogen and oxygen atoms in total. The number of hydrogen-bond acceptors (Lipinski definition) is 2. The first-order chi connectivity index (χ1) is 7.58. The van der Waals surface area contributed by atoms with Crippen LogP contribution < -0.4 is 5.32 Å². The number of hydrogen-bond donors (Lipinski definition) is 1. The van der Waals surface area contributed by atoms with Crippen molar-refractivity contribution in [2.24, 2.45) is 17.8 Å². The number of rotatable bonds is 2. The number of piperidine rings is 1. The average molecular weight is 225 g/mol. The third kappa shape index (κ3) is 5.64. The van der Waals surface area contributed by atoms with E-state index in [0.29, 0.717) is 5.78 Å². The molecule has 16 heavy (non-hydrogen) atoms. The Morgan fingerprint density at radius 3 is 1.94 bits per heavy atom. The van der Waals surface area contributed by atoms with Crippen molar-refractivity contribution in [1.29, 1.82) is 0 Å². The molecule has 0 radical (unpaired) electrons. The molecule has 1 aliphatic heterocycles. The Morgan fingerprint density at radius 2 is 1.75 bits per heavy atom. The fourth-order valence-corrected chi connectivity index (χ4v) is 2.53. The van der Waals surface area contributed by atoms with E-state index in [0.717, 1.165) is 24.2 Å². The standard InChI is InChI=1S/C7H15N.C7H12O/c1-6-3-7(2)5-8-4-6;1-6(8)5-7-3-2-4-7/h6-8H,3-5H2,1-2H3;7H,2-5H2,1H3. The van der Waals surface area contributed by atoms with Gasteiger partial charge in [-0.15, -0.1) is 0 Å². The van der Waals surface area contributed by atoms with Crippen molar-refractivity contribution in [2.45, 2.75) is 52.9 Å². The third-order valence-electron chi connectivity index (χ3n) is 3.59. The van der Waals surface area contributed by atoms with E-state index in [9.17, 15) is 4.79 Å². The minimum absolute atomic E-state index is 0.356. The van der Waals surface area contributed by atoms with Gasteiger partial charge in [-0.3, -0.25) is 0 Å². The molecule has 2 unspecified atom stereocenters. The summed E-state index contributed by atoms with van der Waals surface area (Å²) in [4.78, 5) is 10.4. The fourth-order valence-electron chi connectivity index (χ4n) is 2.53. The largest absolute Gasteiger partial charge is 0.316 e. The van der Waals surface area contributed by atoms with Crippen LogP contribution in [0.4, 0.5) is 0 Å². The van der Waals surface area contributed by atoms with E-state index in [1.165, 1.54) is 38.8 Å². The Labute approximate surface area is 100 Å². The van der Waals surface area contributed by atoms with Gasteiger partial charge in [-0.05, 0) is 44.2 Å². The number of carbonyl (C=O) groups excluding carboxylic acids is 1. The Balaban J connectivity index is 0.000000160. The monoisotopic (exact) mass is 225 g/mol. The molecule has 1 saturated heterocycles. The maximum absolute atomic E-state index is 10.4. The van der Waals surface area contributed by atoms with E-state index in [4.69, 9.17) is 0 Å². The average Bonchev–Trinajstić information content (AvgIpc) is 2.12. The van der Waals surface area contributed by atoms with Gasteiger partial charge < -0.3 is 10.1 Å². The van der Waals surface area contributed by atoms with Crippen molar-refractivity contribution in [3.8, 4) is 0 Å². The van der Waals surface area contributed by atoms with E-state index in [1.807, 2.05) is 0 Å². The second-order valence-electron chi connectivity index (χ2n) is 5.81. The first-order valence-electron chi connectivity index (χ1n) is 6.78. The van der Waals surface area contributed by atoms with Crippen LogP contribution in [-0.4, -0.2) is 18.9 Å². The molecular weight excluding hydrogens is 198 g/mol. The maximum Gasteiger partial charge on any atom is 0.130 e. The summed E-state index contributed by atoms with van der Waals surface area (Å²) in [6, 6.07) is 0. The van der Waals surface area contributed by atoms with Crippen LogP contribution in [0.5, 0.6) is 0 Å². The molecule has 0 bridgehead atoms. The minimum Gasteiger partial charge on any atom is -0.316 e. The molecular formula is C14H27NO. The zero-order valence-electron chi connectivity index (χ0n) is 11.1. The van der Waals surface area contributed by atoms with Crippen molar-refractivity contribution in [1.82, 2.24) is 5.32 Å². The third-order valence-corrected chi connectivity index (χ3v) is 3.59. The second kappa shape index (κ2) is 7.05. The van der Waals surface area contributed by atoms with Gasteiger partial charge in [0.05, 0.1) is 0 Å². The van der Waals surface area contributed by atoms with E-state index >= 15 is 0 Å². The van der Waals surface area contributed by atoms with Crippen LogP contribution in [0.3, 0.4) is 0 Å². The zero-order chi connectivity index (χ0) is 12.0. The van der Waals surface area contributed by atoms with Crippen LogP contribution >= 0.6 is 0 Å². The first kappa shape index (κ1) is 13.7. The maximum atomic E-state index is 10.4. The van der Waals surface area contributed by atoms with Crippen LogP contribution in [-0.2, 0) is 4.79 Å². The van der Waals surface area contributed by atoms with Gasteiger partial charge in [0.2, 0.25) is 0 Å². The summed E-state index contributed by atoms with van der Waals surface area (Å²) in [6.45, 7) is 8.75. The molecule has 94 valence electrons. The van der Waals surface area contributed by atoms with Gasteiger partial charge in [0.15, 0.2) is 0 Å². The molecule has 1 aliphatic carbocycles. The minimum atomic E-state index is 0.356. The molecule has 1 heterocycles. The summed E-state index contributed by atoms with van der Waals surface area (Å²) in [5.41, 5.74) is 0. The molecule has 2 fully saturated rings. The van der Waals surface area contributed by atoms with E-state index in [2.05, 4.69) is 19.2 Å². The predicted octanol–water partition coefficient (Wildman–Crippen LogP) is 3.02. The lowest BCUT2D eigenvalue weighted by Gasteiger charge is -2.24. The number of nitrogens with one attached hydrogen (secondary N) is 1. The van der Waals surface area contributed by atoms with Crippen LogP contribution in [0.25, 0.3) is 0 Å². The molecule has 0 spiro atoms. The highest BCUT2D eigenvalue weighted by atomic mass is 16.1. The summed E-state index contributed by atoms with van der Waals surface area (Å²) >= 11 is 0. The molecule has 0 amide bonds. The summed E-state index contributed by atoms with van der Waals surface area (Å²) in [5.74, 6) is 2.92. The SMILES string of the molecule is CC(=O)CC1CCC1.CC1CNCC(C)C1. The lowest BCUT2D eigenvalue weighted by Crippen LogP contribution is -2.33. The topological polar surface area (TPSA) is 29.1 Å². The Kier molecular flexibility index (Phi) is 6.04. The van der Waals surface area contributed by atoms with Crippen molar-refractivity contribution < 1.29 is 4.79 Å². The van der Waals surface area contributed by atoms with Crippen LogP contribution in [0.1, 0.15) is 52.9 Å². The highest BCUT2D eigenvalue weighted by Crippen LogP contribution is 2.29. The van der Waals surface area contributed by atoms with Gasteiger partial charge >= 0.3 is 0 Å². The summed E-state index contributed by atoms with van der Waals surface area (Å²) < 4.78 is 0. The molecule has 0 aromatic carbocycles. The van der Waals surface area contributed by atoms with Gasteiger partial charge in [-0.2, -0.15) is 0 Å². The normalized spacial score (nSPS) is 29.9. The Morgan fingerprint density at radius 1 is 1.19 bits per heavy atom. The lowest BCUT2D eigenvalue weighted by molar-refractivity contribution is -0.118. The van der Waals surface area contributed by atoms with Crippen molar-refractivity contribution in [3.63, 3.8) is 0 Å². The Bertz CT molecular complexity index is 203. The van der Waals surface area contributed by atoms with Crippen molar-refractivity contribution in [2.75, 3.05) is 13.1 Å².